The third kappa shape index (κ3) is 6.53. The molecule has 4 amide bonds. The fourth-order valence-electron chi connectivity index (χ4n) is 14.1. The average molecular weight is 1090 g/mol. The van der Waals surface area contributed by atoms with Gasteiger partial charge in [-0.25, -0.2) is 9.80 Å². The monoisotopic (exact) mass is 1090 g/mol. The topological polar surface area (TPSA) is 93.2 Å². The fourth-order valence-corrected chi connectivity index (χ4v) is 14.1. The summed E-state index contributed by atoms with van der Waals surface area (Å²) < 4.78 is 14.3. The number of nitrogens with zero attached hydrogens (tertiary/aromatic N) is 2. The summed E-state index contributed by atoms with van der Waals surface area (Å²) >= 11 is 0. The van der Waals surface area contributed by atoms with Crippen LogP contribution in [0.1, 0.15) is 94.1 Å². The molecular weight excluding hydrogens is 1040 g/mol. The van der Waals surface area contributed by atoms with Crippen molar-refractivity contribution in [1.29, 1.82) is 0 Å². The van der Waals surface area contributed by atoms with Gasteiger partial charge < -0.3 is 9.47 Å². The van der Waals surface area contributed by atoms with Crippen molar-refractivity contribution in [3.05, 3.63) is 228 Å². The Balaban J connectivity index is 0.951. The van der Waals surface area contributed by atoms with E-state index in [0.29, 0.717) is 99.7 Å². The van der Waals surface area contributed by atoms with Crippen LogP contribution in [0.5, 0.6) is 23.0 Å². The number of hydrogen-bond acceptors (Lipinski definition) is 6. The number of fused-ring (bicyclic) bond motifs is 2. The minimum absolute atomic E-state index is 0.131. The molecule has 0 saturated heterocycles. The molecule has 0 spiro atoms. The van der Waals surface area contributed by atoms with E-state index in [9.17, 15) is 0 Å². The number of amides is 4. The van der Waals surface area contributed by atoms with Crippen LogP contribution in [0.2, 0.25) is 0 Å². The number of ether oxygens (including phenoxy) is 2. The summed E-state index contributed by atoms with van der Waals surface area (Å²) in [7, 11) is 0. The van der Waals surface area contributed by atoms with E-state index in [2.05, 4.69) is 114 Å². The first-order valence-electron chi connectivity index (χ1n) is 28.5. The van der Waals surface area contributed by atoms with Crippen molar-refractivity contribution in [1.82, 2.24) is 0 Å². The minimum Gasteiger partial charge on any atom is -0.457 e. The van der Waals surface area contributed by atoms with Gasteiger partial charge in [0.05, 0.1) is 22.5 Å². The van der Waals surface area contributed by atoms with Gasteiger partial charge in [0, 0.05) is 54.2 Å². The van der Waals surface area contributed by atoms with E-state index < -0.39 is 23.6 Å². The molecule has 0 atom stereocenters. The van der Waals surface area contributed by atoms with Crippen LogP contribution in [0.4, 0.5) is 11.4 Å². The summed E-state index contributed by atoms with van der Waals surface area (Å²) in [6.45, 7) is 13.0. The predicted octanol–water partition coefficient (Wildman–Crippen LogP) is 19.3. The molecule has 0 aromatic heterocycles. The maximum absolute atomic E-state index is 16.0. The average Bonchev–Trinajstić information content (AvgIpc) is 1.36. The number of carbonyl (C=O) groups is 4. The van der Waals surface area contributed by atoms with Gasteiger partial charge in [-0.2, -0.15) is 0 Å². The molecule has 84 heavy (non-hydrogen) atoms. The van der Waals surface area contributed by atoms with Crippen molar-refractivity contribution in [2.45, 2.75) is 52.4 Å². The third-order valence-corrected chi connectivity index (χ3v) is 18.1. The zero-order chi connectivity index (χ0) is 57.0. The highest BCUT2D eigenvalue weighted by atomic mass is 16.5. The summed E-state index contributed by atoms with van der Waals surface area (Å²) in [4.78, 5) is 66.1. The van der Waals surface area contributed by atoms with Gasteiger partial charge >= 0.3 is 0 Å². The van der Waals surface area contributed by atoms with E-state index in [0.717, 1.165) is 75.8 Å². The Morgan fingerprint density at radius 1 is 0.286 bits per heavy atom. The molecular formula is C76H50N2O6. The Bertz CT molecular complexity index is 5130. The molecule has 0 radical (unpaired) electrons. The zero-order valence-corrected chi connectivity index (χ0v) is 46.8. The quantitative estimate of drug-likeness (QED) is 0.0936. The number of imide groups is 2. The van der Waals surface area contributed by atoms with Crippen LogP contribution in [0.25, 0.3) is 108 Å². The van der Waals surface area contributed by atoms with Gasteiger partial charge in [0.2, 0.25) is 0 Å². The smallest absolute Gasteiger partial charge is 0.266 e. The van der Waals surface area contributed by atoms with Gasteiger partial charge in [-0.1, -0.05) is 175 Å². The predicted molar refractivity (Wildman–Crippen MR) is 341 cm³/mol. The van der Waals surface area contributed by atoms with E-state index in [1.54, 1.807) is 12.1 Å². The largest absolute Gasteiger partial charge is 0.457 e. The van der Waals surface area contributed by atoms with Crippen molar-refractivity contribution in [3.63, 3.8) is 0 Å². The molecule has 400 valence electrons. The molecule has 0 bridgehead atoms. The Morgan fingerprint density at radius 3 is 1.01 bits per heavy atom. The highest BCUT2D eigenvalue weighted by Gasteiger charge is 2.41. The molecule has 2 aliphatic heterocycles. The maximum atomic E-state index is 16.0. The Labute approximate surface area is 481 Å². The van der Waals surface area contributed by atoms with Crippen LogP contribution in [0, 0.1) is 0 Å². The second kappa shape index (κ2) is 16.6. The number of carbonyl (C=O) groups excluding carboxylic acids is 4. The first kappa shape index (κ1) is 48.3. The van der Waals surface area contributed by atoms with Crippen LogP contribution in [0.3, 0.4) is 0 Å². The van der Waals surface area contributed by atoms with Crippen molar-refractivity contribution >= 4 is 143 Å². The van der Waals surface area contributed by atoms with Crippen LogP contribution in [-0.4, -0.2) is 23.6 Å². The molecule has 15 aromatic rings. The van der Waals surface area contributed by atoms with Gasteiger partial charge in [0.25, 0.3) is 23.6 Å². The normalized spacial score (nSPS) is 14.1. The van der Waals surface area contributed by atoms with Gasteiger partial charge in [0.15, 0.2) is 0 Å². The summed E-state index contributed by atoms with van der Waals surface area (Å²) in [5.74, 6) is -0.0888. The minimum atomic E-state index is -0.492. The summed E-state index contributed by atoms with van der Waals surface area (Å²) in [5.41, 5.74) is 4.23. The molecule has 15 aromatic carbocycles. The second-order valence-corrected chi connectivity index (χ2v) is 24.9. The van der Waals surface area contributed by atoms with Crippen molar-refractivity contribution in [3.8, 4) is 23.0 Å². The molecule has 0 N–H and O–H groups in total. The van der Waals surface area contributed by atoms with Gasteiger partial charge in [0.1, 0.15) is 23.0 Å². The van der Waals surface area contributed by atoms with Crippen molar-refractivity contribution in [2.75, 3.05) is 9.80 Å². The molecule has 0 fully saturated rings. The molecule has 2 heterocycles. The van der Waals surface area contributed by atoms with Crippen LogP contribution >= 0.6 is 0 Å². The SMILES string of the molecule is CC(C)(C)c1ccc(Oc2cc3c4c(ccc5c6c(Oc7ccc(C(C)(C)C)cc7)cc7c8c(ccc(c2c45)c86)C(=O)N(c2cc4cccc5ccc6cccc2c6c54)C7=O)C(=O)N(c2cc4cccc5ccc6cccc2c6c54)C3=O)cc1. The second-order valence-electron chi connectivity index (χ2n) is 24.9. The first-order chi connectivity index (χ1) is 40.6. The molecule has 8 heteroatoms. The molecule has 0 unspecified atom stereocenters. The Kier molecular flexibility index (Phi) is 9.55. The van der Waals surface area contributed by atoms with Crippen LogP contribution in [-0.2, 0) is 10.8 Å². The Morgan fingerprint density at radius 2 is 0.631 bits per heavy atom. The summed E-state index contributed by atoms with van der Waals surface area (Å²) in [6.07, 6.45) is 0. The summed E-state index contributed by atoms with van der Waals surface area (Å²) in [5, 5.41) is 16.4. The molecule has 17 rings (SSSR count). The fraction of sp³-hybridized carbons (Fsp3) is 0.105. The molecule has 0 aliphatic carbocycles. The van der Waals surface area contributed by atoms with Crippen molar-refractivity contribution in [2.24, 2.45) is 0 Å². The van der Waals surface area contributed by atoms with Crippen LogP contribution in [0.15, 0.2) is 194 Å². The third-order valence-electron chi connectivity index (χ3n) is 18.1. The number of hydrogen-bond donors (Lipinski definition) is 0. The lowest BCUT2D eigenvalue weighted by Crippen LogP contribution is -2.41. The van der Waals surface area contributed by atoms with Gasteiger partial charge in [-0.3, -0.25) is 19.2 Å². The van der Waals surface area contributed by atoms with Gasteiger partial charge in [-0.05, 0) is 147 Å². The van der Waals surface area contributed by atoms with Crippen LogP contribution < -0.4 is 19.3 Å². The van der Waals surface area contributed by atoms with E-state index in [1.165, 1.54) is 9.80 Å². The molecule has 0 saturated carbocycles. The highest BCUT2D eigenvalue weighted by molar-refractivity contribution is 6.48. The molecule has 8 nitrogen and oxygen atoms in total. The summed E-state index contributed by atoms with van der Waals surface area (Å²) in [6, 6.07) is 63.6. The zero-order valence-electron chi connectivity index (χ0n) is 46.8. The highest BCUT2D eigenvalue weighted by Crippen LogP contribution is 2.55. The maximum Gasteiger partial charge on any atom is 0.266 e. The number of anilines is 2. The van der Waals surface area contributed by atoms with E-state index in [4.69, 9.17) is 9.47 Å². The lowest BCUT2D eigenvalue weighted by Gasteiger charge is -2.32. The molecule has 2 aliphatic rings. The first-order valence-corrected chi connectivity index (χ1v) is 28.5. The Hall–Kier alpha value is -10.4. The standard InChI is InChI=1S/C76H50N2O6/c1-75(2,3)45-23-27-47(28-24-45)83-59-37-55-65-53(71(79)77(73(55)81)57-35-43-15-7-11-39-19-21-41-13-9-17-49(57)63(41)61(39)43)34-32-52-68-60(84-48-29-25-46(26-30-48)76(4,5)6)38-56-66-54(33-31-51(70(66)68)67(59)69(52)65)72(80)78(74(56)82)58-36-44-16-8-12-40-20-22-42-14-10-18-50(58)64(42)62(40)44/h7-38H,1-6H3. The van der Waals surface area contributed by atoms with E-state index in [1.807, 2.05) is 109 Å². The van der Waals surface area contributed by atoms with E-state index in [-0.39, 0.29) is 10.8 Å². The lowest BCUT2D eigenvalue weighted by atomic mass is 9.81. The number of benzene rings is 15. The number of rotatable bonds is 6. The van der Waals surface area contributed by atoms with E-state index >= 15 is 19.2 Å². The van der Waals surface area contributed by atoms with Gasteiger partial charge in [-0.15, -0.1) is 0 Å². The lowest BCUT2D eigenvalue weighted by molar-refractivity contribution is 0.0878. The van der Waals surface area contributed by atoms with Crippen molar-refractivity contribution < 1.29 is 28.7 Å².